The third-order valence-electron chi connectivity index (χ3n) is 2.67. The first-order valence-corrected chi connectivity index (χ1v) is 5.99. The molecule has 0 fully saturated rings. The zero-order chi connectivity index (χ0) is 12.7. The molecule has 0 heterocycles. The van der Waals surface area contributed by atoms with Crippen LogP contribution in [-0.4, -0.2) is 19.3 Å². The number of ether oxygens (including phenoxy) is 1. The number of nitriles is 1. The molecule has 92 valence electrons. The van der Waals surface area contributed by atoms with Crippen molar-refractivity contribution in [3.63, 3.8) is 0 Å². The summed E-state index contributed by atoms with van der Waals surface area (Å²) in [5, 5.41) is 12.1. The van der Waals surface area contributed by atoms with Crippen molar-refractivity contribution in [3.8, 4) is 6.07 Å². The Bertz CT molecular complexity index is 396. The van der Waals surface area contributed by atoms with Gasteiger partial charge in [0.15, 0.2) is 0 Å². The molecule has 0 aliphatic carbocycles. The zero-order valence-electron chi connectivity index (χ0n) is 10.8. The highest BCUT2D eigenvalue weighted by atomic mass is 16.5. The standard InChI is InChI=1S/C14H20N2O/c1-4-17-12(3)9-16-10-14-6-5-13(8-15)7-11(14)2/h5-7,12,16H,4,9-10H2,1-3H3. The van der Waals surface area contributed by atoms with Gasteiger partial charge >= 0.3 is 0 Å². The fraction of sp³-hybridized carbons (Fsp3) is 0.500. The van der Waals surface area contributed by atoms with Gasteiger partial charge in [0.25, 0.3) is 0 Å². The zero-order valence-corrected chi connectivity index (χ0v) is 10.8. The van der Waals surface area contributed by atoms with Gasteiger partial charge < -0.3 is 10.1 Å². The summed E-state index contributed by atoms with van der Waals surface area (Å²) in [5.41, 5.74) is 3.10. The van der Waals surface area contributed by atoms with Crippen molar-refractivity contribution in [1.29, 1.82) is 5.26 Å². The van der Waals surface area contributed by atoms with Crippen LogP contribution in [0, 0.1) is 18.3 Å². The summed E-state index contributed by atoms with van der Waals surface area (Å²) in [4.78, 5) is 0. The Morgan fingerprint density at radius 2 is 2.24 bits per heavy atom. The summed E-state index contributed by atoms with van der Waals surface area (Å²) in [6.45, 7) is 8.49. The number of nitrogens with one attached hydrogen (secondary N) is 1. The summed E-state index contributed by atoms with van der Waals surface area (Å²) >= 11 is 0. The van der Waals surface area contributed by atoms with Crippen molar-refractivity contribution in [1.82, 2.24) is 5.32 Å². The molecule has 1 atom stereocenters. The number of aryl methyl sites for hydroxylation is 1. The summed E-state index contributed by atoms with van der Waals surface area (Å²) < 4.78 is 5.44. The van der Waals surface area contributed by atoms with Crippen LogP contribution in [-0.2, 0) is 11.3 Å². The topological polar surface area (TPSA) is 45.0 Å². The van der Waals surface area contributed by atoms with E-state index in [1.807, 2.05) is 32.0 Å². The van der Waals surface area contributed by atoms with Crippen LogP contribution in [0.25, 0.3) is 0 Å². The average Bonchev–Trinajstić information content (AvgIpc) is 2.31. The molecule has 0 bridgehead atoms. The summed E-state index contributed by atoms with van der Waals surface area (Å²) in [5.74, 6) is 0. The van der Waals surface area contributed by atoms with E-state index in [4.69, 9.17) is 10.00 Å². The molecule has 0 saturated carbocycles. The van der Waals surface area contributed by atoms with Crippen molar-refractivity contribution < 1.29 is 4.74 Å². The van der Waals surface area contributed by atoms with E-state index in [1.165, 1.54) is 5.56 Å². The van der Waals surface area contributed by atoms with Crippen LogP contribution in [0.5, 0.6) is 0 Å². The molecule has 0 aliphatic heterocycles. The Labute approximate surface area is 103 Å². The fourth-order valence-corrected chi connectivity index (χ4v) is 1.72. The predicted molar refractivity (Wildman–Crippen MR) is 68.7 cm³/mol. The van der Waals surface area contributed by atoms with Gasteiger partial charge in [0.2, 0.25) is 0 Å². The lowest BCUT2D eigenvalue weighted by Gasteiger charge is -2.13. The van der Waals surface area contributed by atoms with Crippen LogP contribution in [0.2, 0.25) is 0 Å². The van der Waals surface area contributed by atoms with Crippen molar-refractivity contribution in [2.75, 3.05) is 13.2 Å². The lowest BCUT2D eigenvalue weighted by molar-refractivity contribution is 0.0759. The van der Waals surface area contributed by atoms with Crippen molar-refractivity contribution in [3.05, 3.63) is 34.9 Å². The van der Waals surface area contributed by atoms with E-state index in [2.05, 4.69) is 18.3 Å². The number of nitrogens with zero attached hydrogens (tertiary/aromatic N) is 1. The maximum absolute atomic E-state index is 8.78. The molecular weight excluding hydrogens is 212 g/mol. The Balaban J connectivity index is 2.45. The molecule has 1 aromatic rings. The smallest absolute Gasteiger partial charge is 0.0991 e. The fourth-order valence-electron chi connectivity index (χ4n) is 1.72. The van der Waals surface area contributed by atoms with Gasteiger partial charge in [-0.2, -0.15) is 5.26 Å². The van der Waals surface area contributed by atoms with Crippen LogP contribution >= 0.6 is 0 Å². The molecule has 0 aromatic heterocycles. The van der Waals surface area contributed by atoms with E-state index < -0.39 is 0 Å². The van der Waals surface area contributed by atoms with Gasteiger partial charge in [-0.1, -0.05) is 6.07 Å². The lowest BCUT2D eigenvalue weighted by atomic mass is 10.1. The minimum absolute atomic E-state index is 0.235. The third-order valence-corrected chi connectivity index (χ3v) is 2.67. The van der Waals surface area contributed by atoms with E-state index in [1.54, 1.807) is 0 Å². The normalized spacial score (nSPS) is 12.1. The minimum Gasteiger partial charge on any atom is -0.377 e. The first kappa shape index (κ1) is 13.7. The quantitative estimate of drug-likeness (QED) is 0.819. The maximum atomic E-state index is 8.78. The Morgan fingerprint density at radius 3 is 2.82 bits per heavy atom. The van der Waals surface area contributed by atoms with Crippen molar-refractivity contribution in [2.24, 2.45) is 0 Å². The molecule has 1 unspecified atom stereocenters. The monoisotopic (exact) mass is 232 g/mol. The van der Waals surface area contributed by atoms with Gasteiger partial charge in [0, 0.05) is 19.7 Å². The number of rotatable bonds is 6. The van der Waals surface area contributed by atoms with E-state index >= 15 is 0 Å². The van der Waals surface area contributed by atoms with Crippen LogP contribution in [0.4, 0.5) is 0 Å². The van der Waals surface area contributed by atoms with Gasteiger partial charge in [-0.15, -0.1) is 0 Å². The highest BCUT2D eigenvalue weighted by Crippen LogP contribution is 2.10. The predicted octanol–water partition coefficient (Wildman–Crippen LogP) is 2.38. The van der Waals surface area contributed by atoms with Crippen LogP contribution in [0.1, 0.15) is 30.5 Å². The van der Waals surface area contributed by atoms with Gasteiger partial charge in [-0.25, -0.2) is 0 Å². The van der Waals surface area contributed by atoms with Gasteiger partial charge in [0.1, 0.15) is 0 Å². The maximum Gasteiger partial charge on any atom is 0.0991 e. The molecule has 1 N–H and O–H groups in total. The highest BCUT2D eigenvalue weighted by molar-refractivity contribution is 5.37. The minimum atomic E-state index is 0.235. The number of hydrogen-bond acceptors (Lipinski definition) is 3. The molecule has 1 aromatic carbocycles. The Morgan fingerprint density at radius 1 is 1.47 bits per heavy atom. The molecule has 3 nitrogen and oxygen atoms in total. The second-order valence-corrected chi connectivity index (χ2v) is 4.15. The number of benzene rings is 1. The van der Waals surface area contributed by atoms with Crippen molar-refractivity contribution in [2.45, 2.75) is 33.4 Å². The molecule has 1 rings (SSSR count). The number of hydrogen-bond donors (Lipinski definition) is 1. The molecule has 17 heavy (non-hydrogen) atoms. The molecule has 0 spiro atoms. The Hall–Kier alpha value is -1.37. The van der Waals surface area contributed by atoms with Crippen molar-refractivity contribution >= 4 is 0 Å². The van der Waals surface area contributed by atoms with E-state index in [9.17, 15) is 0 Å². The van der Waals surface area contributed by atoms with E-state index in [0.717, 1.165) is 25.3 Å². The highest BCUT2D eigenvalue weighted by Gasteiger charge is 2.02. The molecule has 0 aliphatic rings. The lowest BCUT2D eigenvalue weighted by Crippen LogP contribution is -2.26. The van der Waals surface area contributed by atoms with E-state index in [0.29, 0.717) is 5.56 Å². The first-order valence-electron chi connectivity index (χ1n) is 5.99. The Kier molecular flexibility index (Phi) is 5.68. The molecule has 0 amide bonds. The van der Waals surface area contributed by atoms with E-state index in [-0.39, 0.29) is 6.10 Å². The van der Waals surface area contributed by atoms with Crippen LogP contribution in [0.3, 0.4) is 0 Å². The molecular formula is C14H20N2O. The van der Waals surface area contributed by atoms with Gasteiger partial charge in [0.05, 0.1) is 17.7 Å². The molecule has 0 saturated heterocycles. The third kappa shape index (κ3) is 4.56. The second-order valence-electron chi connectivity index (χ2n) is 4.15. The molecule has 0 radical (unpaired) electrons. The summed E-state index contributed by atoms with van der Waals surface area (Å²) in [7, 11) is 0. The SMILES string of the molecule is CCOC(C)CNCc1ccc(C#N)cc1C. The summed E-state index contributed by atoms with van der Waals surface area (Å²) in [6, 6.07) is 7.93. The van der Waals surface area contributed by atoms with Crippen LogP contribution in [0.15, 0.2) is 18.2 Å². The van der Waals surface area contributed by atoms with Crippen LogP contribution < -0.4 is 5.32 Å². The molecule has 3 heteroatoms. The van der Waals surface area contributed by atoms with Gasteiger partial charge in [-0.3, -0.25) is 0 Å². The largest absolute Gasteiger partial charge is 0.377 e. The first-order chi connectivity index (χ1) is 8.17. The average molecular weight is 232 g/mol. The summed E-state index contributed by atoms with van der Waals surface area (Å²) in [6.07, 6.45) is 0.235. The van der Waals surface area contributed by atoms with Gasteiger partial charge in [-0.05, 0) is 44.0 Å². The second kappa shape index (κ2) is 7.05.